The number of hydrogen-bond donors (Lipinski definition) is 1. The SMILES string of the molecule is CC(OC1CCCC1)c1cc(C(C)OC2CCCC2)c2oc3ccc(C(=O)O)cc3c(=O)c2c1. The Hall–Kier alpha value is -2.70. The number of aromatic carboxylic acids is 1. The molecule has 34 heavy (non-hydrogen) atoms. The van der Waals surface area contributed by atoms with E-state index >= 15 is 0 Å². The molecule has 0 radical (unpaired) electrons. The molecule has 1 heterocycles. The van der Waals surface area contributed by atoms with Crippen molar-refractivity contribution in [2.24, 2.45) is 0 Å². The molecule has 2 atom stereocenters. The van der Waals surface area contributed by atoms with Crippen LogP contribution in [0.2, 0.25) is 0 Å². The van der Waals surface area contributed by atoms with E-state index in [1.54, 1.807) is 6.07 Å². The van der Waals surface area contributed by atoms with Crippen molar-refractivity contribution in [3.05, 3.63) is 57.2 Å². The van der Waals surface area contributed by atoms with Crippen LogP contribution >= 0.6 is 0 Å². The molecule has 0 amide bonds. The molecule has 0 bridgehead atoms. The summed E-state index contributed by atoms with van der Waals surface area (Å²) in [6, 6.07) is 8.32. The van der Waals surface area contributed by atoms with Crippen LogP contribution in [0.25, 0.3) is 21.9 Å². The molecule has 0 aliphatic heterocycles. The molecular formula is C28H32O6. The molecule has 0 saturated heterocycles. The highest BCUT2D eigenvalue weighted by atomic mass is 16.5. The maximum absolute atomic E-state index is 13.6. The van der Waals surface area contributed by atoms with Crippen molar-refractivity contribution in [2.75, 3.05) is 0 Å². The van der Waals surface area contributed by atoms with Crippen molar-refractivity contribution >= 4 is 27.9 Å². The zero-order valence-electron chi connectivity index (χ0n) is 19.8. The van der Waals surface area contributed by atoms with Crippen molar-refractivity contribution < 1.29 is 23.8 Å². The molecule has 2 aliphatic rings. The molecule has 180 valence electrons. The molecule has 6 heteroatoms. The second-order valence-electron chi connectivity index (χ2n) is 9.80. The average Bonchev–Trinajstić information content (AvgIpc) is 3.53. The van der Waals surface area contributed by atoms with Gasteiger partial charge in [0.1, 0.15) is 11.2 Å². The van der Waals surface area contributed by atoms with Gasteiger partial charge in [0.05, 0.1) is 40.8 Å². The molecule has 2 fully saturated rings. The summed E-state index contributed by atoms with van der Waals surface area (Å²) in [5.41, 5.74) is 2.46. The Morgan fingerprint density at radius 3 is 2.15 bits per heavy atom. The lowest BCUT2D eigenvalue weighted by molar-refractivity contribution is -0.00207. The number of fused-ring (bicyclic) bond motifs is 2. The smallest absolute Gasteiger partial charge is 0.335 e. The Labute approximate surface area is 198 Å². The first kappa shape index (κ1) is 23.1. The third kappa shape index (κ3) is 4.49. The summed E-state index contributed by atoms with van der Waals surface area (Å²) < 4.78 is 19.0. The normalized spacial score (nSPS) is 19.2. The zero-order valence-corrected chi connectivity index (χ0v) is 19.8. The Morgan fingerprint density at radius 1 is 0.912 bits per heavy atom. The fourth-order valence-corrected chi connectivity index (χ4v) is 5.46. The number of rotatable bonds is 7. The van der Waals surface area contributed by atoms with Crippen LogP contribution < -0.4 is 5.43 Å². The summed E-state index contributed by atoms with van der Waals surface area (Å²) in [7, 11) is 0. The zero-order chi connectivity index (χ0) is 23.8. The van der Waals surface area contributed by atoms with Crippen LogP contribution in [0.1, 0.15) is 98.9 Å². The average molecular weight is 465 g/mol. The van der Waals surface area contributed by atoms with E-state index in [4.69, 9.17) is 13.9 Å². The van der Waals surface area contributed by atoms with Crippen LogP contribution in [0.4, 0.5) is 0 Å². The quantitative estimate of drug-likeness (QED) is 0.392. The first-order chi connectivity index (χ1) is 16.4. The van der Waals surface area contributed by atoms with Crippen molar-refractivity contribution in [1.29, 1.82) is 0 Å². The predicted octanol–water partition coefficient (Wildman–Crippen LogP) is 6.68. The summed E-state index contributed by atoms with van der Waals surface area (Å²) >= 11 is 0. The van der Waals surface area contributed by atoms with Gasteiger partial charge in [0.15, 0.2) is 0 Å². The number of carboxylic acid groups (broad SMARTS) is 1. The fourth-order valence-electron chi connectivity index (χ4n) is 5.46. The monoisotopic (exact) mass is 464 g/mol. The Kier molecular flexibility index (Phi) is 6.45. The summed E-state index contributed by atoms with van der Waals surface area (Å²) in [5.74, 6) is -1.08. The highest BCUT2D eigenvalue weighted by Gasteiger charge is 2.25. The van der Waals surface area contributed by atoms with Crippen molar-refractivity contribution in [3.8, 4) is 0 Å². The van der Waals surface area contributed by atoms with Crippen LogP contribution in [0, 0.1) is 0 Å². The molecule has 2 saturated carbocycles. The van der Waals surface area contributed by atoms with E-state index in [-0.39, 0.29) is 40.8 Å². The number of benzene rings is 2. The fraction of sp³-hybridized carbons (Fsp3) is 0.500. The van der Waals surface area contributed by atoms with Gasteiger partial charge in [-0.1, -0.05) is 25.7 Å². The Bertz CT molecular complexity index is 1260. The van der Waals surface area contributed by atoms with E-state index in [0.717, 1.165) is 36.8 Å². The number of carboxylic acids is 1. The highest BCUT2D eigenvalue weighted by Crippen LogP contribution is 2.36. The van der Waals surface area contributed by atoms with Crippen molar-refractivity contribution in [1.82, 2.24) is 0 Å². The van der Waals surface area contributed by atoms with Gasteiger partial charge in [-0.25, -0.2) is 4.79 Å². The lowest BCUT2D eigenvalue weighted by Gasteiger charge is -2.23. The molecule has 0 spiro atoms. The van der Waals surface area contributed by atoms with E-state index in [9.17, 15) is 14.7 Å². The topological polar surface area (TPSA) is 86.0 Å². The molecule has 5 rings (SSSR count). The maximum atomic E-state index is 13.6. The second-order valence-corrected chi connectivity index (χ2v) is 9.80. The van der Waals surface area contributed by atoms with Gasteiger partial charge in [-0.05, 0) is 75.4 Å². The van der Waals surface area contributed by atoms with Crippen LogP contribution in [0.15, 0.2) is 39.5 Å². The van der Waals surface area contributed by atoms with Gasteiger partial charge in [-0.3, -0.25) is 4.79 Å². The summed E-state index contributed by atoms with van der Waals surface area (Å²) in [6.45, 7) is 4.04. The van der Waals surface area contributed by atoms with Gasteiger partial charge in [-0.15, -0.1) is 0 Å². The van der Waals surface area contributed by atoms with E-state index < -0.39 is 5.97 Å². The van der Waals surface area contributed by atoms with Crippen LogP contribution in [-0.2, 0) is 9.47 Å². The number of ether oxygens (including phenoxy) is 2. The lowest BCUT2D eigenvalue weighted by Crippen LogP contribution is -2.15. The molecule has 2 unspecified atom stereocenters. The minimum atomic E-state index is -1.08. The van der Waals surface area contributed by atoms with E-state index in [0.29, 0.717) is 16.6 Å². The van der Waals surface area contributed by atoms with E-state index in [1.807, 2.05) is 19.9 Å². The van der Waals surface area contributed by atoms with Gasteiger partial charge >= 0.3 is 5.97 Å². The first-order valence-corrected chi connectivity index (χ1v) is 12.5. The van der Waals surface area contributed by atoms with Gasteiger partial charge in [0.25, 0.3) is 0 Å². The van der Waals surface area contributed by atoms with Crippen LogP contribution in [-0.4, -0.2) is 23.3 Å². The number of carbonyl (C=O) groups is 1. The third-order valence-corrected chi connectivity index (χ3v) is 7.37. The van der Waals surface area contributed by atoms with E-state index in [1.165, 1.54) is 37.8 Å². The van der Waals surface area contributed by atoms with Crippen LogP contribution in [0.3, 0.4) is 0 Å². The van der Waals surface area contributed by atoms with Crippen LogP contribution in [0.5, 0.6) is 0 Å². The minimum Gasteiger partial charge on any atom is -0.478 e. The minimum absolute atomic E-state index is 0.0615. The standard InChI is InChI=1S/C28H32O6/c1-16(32-20-7-3-4-8-20)19-14-22(17(2)33-21-9-5-6-10-21)27-24(15-19)26(29)23-13-18(28(30)31)11-12-25(23)34-27/h11-17,20-21H,3-10H2,1-2H3,(H,30,31). The molecule has 1 aromatic heterocycles. The second kappa shape index (κ2) is 9.51. The summed E-state index contributed by atoms with van der Waals surface area (Å²) in [6.07, 6.45) is 9.00. The summed E-state index contributed by atoms with van der Waals surface area (Å²) in [4.78, 5) is 25.0. The molecule has 3 aromatic rings. The molecule has 1 N–H and O–H groups in total. The summed E-state index contributed by atoms with van der Waals surface area (Å²) in [5, 5.41) is 10.1. The van der Waals surface area contributed by atoms with Crippen molar-refractivity contribution in [3.63, 3.8) is 0 Å². The van der Waals surface area contributed by atoms with Gasteiger partial charge < -0.3 is 19.0 Å². The van der Waals surface area contributed by atoms with Gasteiger partial charge in [0.2, 0.25) is 5.43 Å². The molecule has 2 aliphatic carbocycles. The molecular weight excluding hydrogens is 432 g/mol. The van der Waals surface area contributed by atoms with Gasteiger partial charge in [-0.2, -0.15) is 0 Å². The number of hydrogen-bond acceptors (Lipinski definition) is 5. The largest absolute Gasteiger partial charge is 0.478 e. The van der Waals surface area contributed by atoms with Gasteiger partial charge in [0, 0.05) is 5.56 Å². The predicted molar refractivity (Wildman–Crippen MR) is 130 cm³/mol. The Balaban J connectivity index is 1.64. The first-order valence-electron chi connectivity index (χ1n) is 12.5. The lowest BCUT2D eigenvalue weighted by atomic mass is 9.98. The van der Waals surface area contributed by atoms with E-state index in [2.05, 4.69) is 6.07 Å². The molecule has 6 nitrogen and oxygen atoms in total. The van der Waals surface area contributed by atoms with Crippen molar-refractivity contribution in [2.45, 2.75) is 89.6 Å². The highest BCUT2D eigenvalue weighted by molar-refractivity contribution is 5.96. The third-order valence-electron chi connectivity index (χ3n) is 7.37. The Morgan fingerprint density at radius 2 is 1.53 bits per heavy atom. The molecule has 2 aromatic carbocycles. The maximum Gasteiger partial charge on any atom is 0.335 e.